The Kier molecular flexibility index (Phi) is 7.70. The van der Waals surface area contributed by atoms with Gasteiger partial charge < -0.3 is 9.53 Å². The van der Waals surface area contributed by atoms with E-state index >= 15 is 0 Å². The van der Waals surface area contributed by atoms with E-state index in [4.69, 9.17) is 4.74 Å². The summed E-state index contributed by atoms with van der Waals surface area (Å²) in [5.41, 5.74) is 0. The number of carbonyl (C=O) groups is 2. The molecule has 0 heterocycles. The van der Waals surface area contributed by atoms with Gasteiger partial charge in [-0.15, -0.1) is 0 Å². The molecule has 1 saturated carbocycles. The van der Waals surface area contributed by atoms with E-state index in [9.17, 15) is 9.59 Å². The second-order valence-corrected chi connectivity index (χ2v) is 5.42. The summed E-state index contributed by atoms with van der Waals surface area (Å²) in [4.78, 5) is 22.1. The van der Waals surface area contributed by atoms with Gasteiger partial charge in [0, 0.05) is 12.8 Å². The van der Waals surface area contributed by atoms with Crippen LogP contribution in [0.25, 0.3) is 0 Å². The monoisotopic (exact) mass is 254 g/mol. The predicted molar refractivity (Wildman–Crippen MR) is 71.3 cm³/mol. The highest BCUT2D eigenvalue weighted by molar-refractivity contribution is 5.75. The normalized spacial score (nSPS) is 16.5. The fourth-order valence-electron chi connectivity index (χ4n) is 2.59. The lowest BCUT2D eigenvalue weighted by Gasteiger charge is -2.20. The van der Waals surface area contributed by atoms with E-state index in [0.29, 0.717) is 25.9 Å². The summed E-state index contributed by atoms with van der Waals surface area (Å²) in [5.74, 6) is 0.891. The van der Waals surface area contributed by atoms with Crippen molar-refractivity contribution in [3.05, 3.63) is 0 Å². The molecule has 0 N–H and O–H groups in total. The molecular weight excluding hydrogens is 228 g/mol. The largest absolute Gasteiger partial charge is 0.466 e. The maximum atomic E-state index is 11.4. The Labute approximate surface area is 110 Å². The number of Topliss-reactive ketones (excluding diaryl/α,β-unsaturated/α-hetero) is 1. The number of hydrogen-bond donors (Lipinski definition) is 0. The van der Waals surface area contributed by atoms with E-state index in [1.807, 2.05) is 0 Å². The van der Waals surface area contributed by atoms with Gasteiger partial charge >= 0.3 is 5.97 Å². The van der Waals surface area contributed by atoms with E-state index < -0.39 is 0 Å². The van der Waals surface area contributed by atoms with Crippen LogP contribution < -0.4 is 0 Å². The molecule has 1 fully saturated rings. The quantitative estimate of drug-likeness (QED) is 0.490. The Hall–Kier alpha value is -0.860. The van der Waals surface area contributed by atoms with E-state index in [1.54, 1.807) is 6.92 Å². The molecule has 0 aliphatic heterocycles. The molecule has 0 saturated heterocycles. The van der Waals surface area contributed by atoms with E-state index in [-0.39, 0.29) is 11.8 Å². The second kappa shape index (κ2) is 9.12. The van der Waals surface area contributed by atoms with E-state index in [0.717, 1.165) is 12.3 Å². The molecule has 0 bridgehead atoms. The second-order valence-electron chi connectivity index (χ2n) is 5.42. The van der Waals surface area contributed by atoms with Crippen LogP contribution in [0.3, 0.4) is 0 Å². The Morgan fingerprint density at radius 1 is 1.06 bits per heavy atom. The zero-order chi connectivity index (χ0) is 13.2. The molecule has 0 atom stereocenters. The van der Waals surface area contributed by atoms with Crippen molar-refractivity contribution in [3.8, 4) is 0 Å². The van der Waals surface area contributed by atoms with Crippen molar-refractivity contribution in [1.29, 1.82) is 0 Å². The summed E-state index contributed by atoms with van der Waals surface area (Å²) in [6.07, 6.45) is 10.6. The molecule has 18 heavy (non-hydrogen) atoms. The van der Waals surface area contributed by atoms with Gasteiger partial charge in [-0.3, -0.25) is 4.79 Å². The first-order valence-electron chi connectivity index (χ1n) is 7.33. The van der Waals surface area contributed by atoms with Crippen LogP contribution in [0, 0.1) is 5.92 Å². The van der Waals surface area contributed by atoms with Crippen molar-refractivity contribution in [1.82, 2.24) is 0 Å². The van der Waals surface area contributed by atoms with Crippen molar-refractivity contribution in [2.45, 2.75) is 71.1 Å². The van der Waals surface area contributed by atoms with Crippen molar-refractivity contribution in [2.24, 2.45) is 5.92 Å². The van der Waals surface area contributed by atoms with Gasteiger partial charge in [0.1, 0.15) is 5.78 Å². The third kappa shape index (κ3) is 7.46. The lowest BCUT2D eigenvalue weighted by molar-refractivity contribution is -0.144. The summed E-state index contributed by atoms with van der Waals surface area (Å²) in [5, 5.41) is 0. The smallest absolute Gasteiger partial charge is 0.305 e. The molecule has 0 amide bonds. The summed E-state index contributed by atoms with van der Waals surface area (Å²) in [6, 6.07) is 0. The number of ketones is 1. The molecule has 0 aromatic carbocycles. The predicted octanol–water partition coefficient (Wildman–Crippen LogP) is 3.65. The standard InChI is InChI=1S/C15H26O3/c1-13(16)7-6-12-18-15(17)11-5-10-14-8-3-2-4-9-14/h14H,2-12H2,1H3. The molecule has 1 aliphatic carbocycles. The zero-order valence-electron chi connectivity index (χ0n) is 11.6. The number of ether oxygens (including phenoxy) is 1. The molecule has 0 radical (unpaired) electrons. The summed E-state index contributed by atoms with van der Waals surface area (Å²) >= 11 is 0. The molecule has 104 valence electrons. The van der Waals surface area contributed by atoms with Crippen molar-refractivity contribution in [2.75, 3.05) is 6.61 Å². The van der Waals surface area contributed by atoms with Gasteiger partial charge in [-0.2, -0.15) is 0 Å². The van der Waals surface area contributed by atoms with Crippen LogP contribution in [0.5, 0.6) is 0 Å². The third-order valence-electron chi connectivity index (χ3n) is 3.65. The Balaban J connectivity index is 1.94. The van der Waals surface area contributed by atoms with Crippen LogP contribution in [0.1, 0.15) is 71.1 Å². The zero-order valence-corrected chi connectivity index (χ0v) is 11.6. The molecule has 1 rings (SSSR count). The minimum atomic E-state index is -0.102. The van der Waals surface area contributed by atoms with Gasteiger partial charge in [0.15, 0.2) is 0 Å². The van der Waals surface area contributed by atoms with Gasteiger partial charge in [0.25, 0.3) is 0 Å². The van der Waals surface area contributed by atoms with Crippen LogP contribution >= 0.6 is 0 Å². The Bertz CT molecular complexity index is 254. The maximum absolute atomic E-state index is 11.4. The fraction of sp³-hybridized carbons (Fsp3) is 0.867. The first-order chi connectivity index (χ1) is 8.68. The van der Waals surface area contributed by atoms with E-state index in [2.05, 4.69) is 0 Å². The first-order valence-corrected chi connectivity index (χ1v) is 7.33. The van der Waals surface area contributed by atoms with Crippen LogP contribution in [-0.4, -0.2) is 18.4 Å². The van der Waals surface area contributed by atoms with Crippen molar-refractivity contribution in [3.63, 3.8) is 0 Å². The van der Waals surface area contributed by atoms with E-state index in [1.165, 1.54) is 38.5 Å². The Morgan fingerprint density at radius 3 is 2.44 bits per heavy atom. The van der Waals surface area contributed by atoms with Gasteiger partial charge in [-0.05, 0) is 32.1 Å². The molecule has 1 aliphatic rings. The number of esters is 1. The third-order valence-corrected chi connectivity index (χ3v) is 3.65. The highest BCUT2D eigenvalue weighted by Gasteiger charge is 2.13. The maximum Gasteiger partial charge on any atom is 0.305 e. The minimum Gasteiger partial charge on any atom is -0.466 e. The molecule has 0 unspecified atom stereocenters. The molecule has 3 heteroatoms. The van der Waals surface area contributed by atoms with Gasteiger partial charge in [0.05, 0.1) is 6.61 Å². The van der Waals surface area contributed by atoms with Gasteiger partial charge in [-0.25, -0.2) is 0 Å². The highest BCUT2D eigenvalue weighted by atomic mass is 16.5. The number of rotatable bonds is 8. The van der Waals surface area contributed by atoms with Crippen molar-refractivity contribution >= 4 is 11.8 Å². The molecule has 0 spiro atoms. The fourth-order valence-corrected chi connectivity index (χ4v) is 2.59. The average Bonchev–Trinajstić information content (AvgIpc) is 2.36. The lowest BCUT2D eigenvalue weighted by Crippen LogP contribution is -2.09. The average molecular weight is 254 g/mol. The molecule has 0 aromatic heterocycles. The van der Waals surface area contributed by atoms with Crippen LogP contribution in [-0.2, 0) is 14.3 Å². The molecule has 3 nitrogen and oxygen atoms in total. The summed E-state index contributed by atoms with van der Waals surface area (Å²) in [6.45, 7) is 1.95. The van der Waals surface area contributed by atoms with Crippen LogP contribution in [0.4, 0.5) is 0 Å². The van der Waals surface area contributed by atoms with Crippen LogP contribution in [0.15, 0.2) is 0 Å². The molecule has 0 aromatic rings. The highest BCUT2D eigenvalue weighted by Crippen LogP contribution is 2.27. The Morgan fingerprint density at radius 2 is 1.78 bits per heavy atom. The van der Waals surface area contributed by atoms with Gasteiger partial charge in [0.2, 0.25) is 0 Å². The lowest BCUT2D eigenvalue weighted by atomic mass is 9.86. The summed E-state index contributed by atoms with van der Waals surface area (Å²) < 4.78 is 5.09. The van der Waals surface area contributed by atoms with Crippen molar-refractivity contribution < 1.29 is 14.3 Å². The number of hydrogen-bond acceptors (Lipinski definition) is 3. The van der Waals surface area contributed by atoms with Crippen LogP contribution in [0.2, 0.25) is 0 Å². The molecular formula is C15H26O3. The topological polar surface area (TPSA) is 43.4 Å². The minimum absolute atomic E-state index is 0.102. The first kappa shape index (κ1) is 15.2. The number of carbonyl (C=O) groups excluding carboxylic acids is 2. The SMILES string of the molecule is CC(=O)CCCOC(=O)CCCC1CCCCC1. The van der Waals surface area contributed by atoms with Gasteiger partial charge in [-0.1, -0.05) is 32.1 Å². The summed E-state index contributed by atoms with van der Waals surface area (Å²) in [7, 11) is 0.